The third-order valence-electron chi connectivity index (χ3n) is 8.94. The fourth-order valence-corrected chi connectivity index (χ4v) is 6.03. The van der Waals surface area contributed by atoms with Crippen molar-refractivity contribution in [1.29, 1.82) is 0 Å². The number of hydrogen-bond donors (Lipinski definition) is 2. The molecule has 0 bridgehead atoms. The summed E-state index contributed by atoms with van der Waals surface area (Å²) in [6, 6.07) is 0.729. The lowest BCUT2D eigenvalue weighted by Gasteiger charge is -2.19. The Kier molecular flexibility index (Phi) is 37.9. The van der Waals surface area contributed by atoms with Gasteiger partial charge in [0.2, 0.25) is 0 Å². The molecule has 0 aliphatic carbocycles. The van der Waals surface area contributed by atoms with Crippen LogP contribution in [0.5, 0.6) is 0 Å². The highest BCUT2D eigenvalue weighted by molar-refractivity contribution is 4.82. The highest BCUT2D eigenvalue weighted by Crippen LogP contribution is 2.16. The molecular formula is C40H80N2. The van der Waals surface area contributed by atoms with E-state index in [-0.39, 0.29) is 0 Å². The van der Waals surface area contributed by atoms with Crippen molar-refractivity contribution in [2.24, 2.45) is 0 Å². The molecule has 2 heteroatoms. The molecule has 0 aliphatic heterocycles. The molecule has 0 fully saturated rings. The average Bonchev–Trinajstić information content (AvgIpc) is 3.00. The number of unbranched alkanes of at least 4 members (excludes halogenated alkanes) is 24. The molecule has 0 amide bonds. The van der Waals surface area contributed by atoms with E-state index in [1.807, 2.05) is 0 Å². The molecule has 0 aromatic carbocycles. The predicted molar refractivity (Wildman–Crippen MR) is 194 cm³/mol. The van der Waals surface area contributed by atoms with E-state index in [0.717, 1.165) is 19.1 Å². The Morgan fingerprint density at radius 2 is 0.690 bits per heavy atom. The molecule has 0 aromatic rings. The van der Waals surface area contributed by atoms with E-state index in [1.54, 1.807) is 0 Å². The third kappa shape index (κ3) is 35.6. The van der Waals surface area contributed by atoms with Gasteiger partial charge in [0.1, 0.15) is 0 Å². The van der Waals surface area contributed by atoms with E-state index in [9.17, 15) is 0 Å². The van der Waals surface area contributed by atoms with Gasteiger partial charge in [-0.25, -0.2) is 0 Å². The van der Waals surface area contributed by atoms with E-state index < -0.39 is 0 Å². The van der Waals surface area contributed by atoms with Crippen LogP contribution in [0.15, 0.2) is 24.3 Å². The fraction of sp³-hybridized carbons (Fsp3) is 0.900. The first-order valence-corrected chi connectivity index (χ1v) is 19.5. The summed E-state index contributed by atoms with van der Waals surface area (Å²) in [5.41, 5.74) is 0. The molecule has 0 aromatic heterocycles. The van der Waals surface area contributed by atoms with Crippen LogP contribution in [0.25, 0.3) is 0 Å². The van der Waals surface area contributed by atoms with E-state index in [4.69, 9.17) is 0 Å². The van der Waals surface area contributed by atoms with Gasteiger partial charge in [-0.3, -0.25) is 0 Å². The molecule has 42 heavy (non-hydrogen) atoms. The molecule has 2 nitrogen and oxygen atoms in total. The Morgan fingerprint density at radius 3 is 1.02 bits per heavy atom. The van der Waals surface area contributed by atoms with Gasteiger partial charge in [0.15, 0.2) is 0 Å². The van der Waals surface area contributed by atoms with Gasteiger partial charge in [-0.15, -0.1) is 0 Å². The molecule has 0 rings (SSSR count). The van der Waals surface area contributed by atoms with Crippen molar-refractivity contribution in [2.75, 3.05) is 20.1 Å². The summed E-state index contributed by atoms with van der Waals surface area (Å²) in [5.74, 6) is 0. The molecule has 2 N–H and O–H groups in total. The lowest BCUT2D eigenvalue weighted by atomic mass is 9.99. The molecule has 0 saturated carbocycles. The van der Waals surface area contributed by atoms with Gasteiger partial charge in [-0.2, -0.15) is 0 Å². The van der Waals surface area contributed by atoms with Crippen LogP contribution in [-0.4, -0.2) is 26.2 Å². The second-order valence-electron chi connectivity index (χ2n) is 13.2. The van der Waals surface area contributed by atoms with Gasteiger partial charge in [0, 0.05) is 19.1 Å². The van der Waals surface area contributed by atoms with Crippen LogP contribution in [0, 0.1) is 0 Å². The zero-order valence-corrected chi connectivity index (χ0v) is 29.5. The summed E-state index contributed by atoms with van der Waals surface area (Å²) >= 11 is 0. The van der Waals surface area contributed by atoms with Gasteiger partial charge >= 0.3 is 0 Å². The highest BCUT2D eigenvalue weighted by Gasteiger charge is 2.07. The standard InChI is InChI=1S/C40H80N2/c1-4-6-8-10-12-14-16-18-20-22-24-26-28-30-32-34-36-40(42-39-38-41-3)37-35-33-31-29-27-25-23-21-19-17-15-13-11-9-7-5-2/h18-21,40-42H,4-17,22-39H2,1-3H3/b20-18-,21-19-. The molecule has 0 atom stereocenters. The monoisotopic (exact) mass is 589 g/mol. The molecule has 250 valence electrons. The van der Waals surface area contributed by atoms with Crippen molar-refractivity contribution in [2.45, 2.75) is 213 Å². The van der Waals surface area contributed by atoms with Gasteiger partial charge in [-0.1, -0.05) is 167 Å². The summed E-state index contributed by atoms with van der Waals surface area (Å²) in [6.45, 7) is 6.79. The predicted octanol–water partition coefficient (Wildman–Crippen LogP) is 13.0. The van der Waals surface area contributed by atoms with Crippen LogP contribution in [0.3, 0.4) is 0 Å². The van der Waals surface area contributed by atoms with E-state index in [0.29, 0.717) is 0 Å². The zero-order valence-electron chi connectivity index (χ0n) is 29.5. The Balaban J connectivity index is 3.62. The van der Waals surface area contributed by atoms with Crippen LogP contribution in [0.4, 0.5) is 0 Å². The summed E-state index contributed by atoms with van der Waals surface area (Å²) in [4.78, 5) is 0. The van der Waals surface area contributed by atoms with Crippen molar-refractivity contribution in [3.05, 3.63) is 24.3 Å². The molecule has 0 saturated heterocycles. The van der Waals surface area contributed by atoms with Crippen LogP contribution in [0.1, 0.15) is 206 Å². The maximum absolute atomic E-state index is 3.85. The smallest absolute Gasteiger partial charge is 0.00792 e. The van der Waals surface area contributed by atoms with E-state index in [2.05, 4.69) is 55.8 Å². The van der Waals surface area contributed by atoms with E-state index in [1.165, 1.54) is 193 Å². The largest absolute Gasteiger partial charge is 0.318 e. The van der Waals surface area contributed by atoms with Crippen molar-refractivity contribution < 1.29 is 0 Å². The summed E-state index contributed by atoms with van der Waals surface area (Å²) in [7, 11) is 2.06. The quantitative estimate of drug-likeness (QED) is 0.0562. The molecule has 0 heterocycles. The van der Waals surface area contributed by atoms with E-state index >= 15 is 0 Å². The van der Waals surface area contributed by atoms with Crippen LogP contribution >= 0.6 is 0 Å². The first kappa shape index (κ1) is 41.4. The Bertz CT molecular complexity index is 484. The minimum atomic E-state index is 0.729. The minimum absolute atomic E-state index is 0.729. The normalized spacial score (nSPS) is 12.1. The lowest BCUT2D eigenvalue weighted by Crippen LogP contribution is -2.34. The zero-order chi connectivity index (χ0) is 30.4. The second kappa shape index (κ2) is 38.4. The van der Waals surface area contributed by atoms with Gasteiger partial charge in [0.25, 0.3) is 0 Å². The number of rotatable bonds is 36. The van der Waals surface area contributed by atoms with Gasteiger partial charge in [0.05, 0.1) is 0 Å². The van der Waals surface area contributed by atoms with Crippen molar-refractivity contribution in [3.63, 3.8) is 0 Å². The number of hydrogen-bond acceptors (Lipinski definition) is 2. The van der Waals surface area contributed by atoms with Crippen LogP contribution in [0.2, 0.25) is 0 Å². The van der Waals surface area contributed by atoms with Gasteiger partial charge < -0.3 is 10.6 Å². The summed E-state index contributed by atoms with van der Waals surface area (Å²) in [5, 5.41) is 7.15. The maximum atomic E-state index is 3.85. The number of allylic oxidation sites excluding steroid dienone is 4. The fourth-order valence-electron chi connectivity index (χ4n) is 6.03. The average molecular weight is 589 g/mol. The molecule has 0 spiro atoms. The number of nitrogens with one attached hydrogen (secondary N) is 2. The summed E-state index contributed by atoms with van der Waals surface area (Å²) < 4.78 is 0. The first-order valence-electron chi connectivity index (χ1n) is 19.5. The summed E-state index contributed by atoms with van der Waals surface area (Å²) in [6.07, 6.45) is 51.6. The Labute approximate surface area is 267 Å². The van der Waals surface area contributed by atoms with Gasteiger partial charge in [-0.05, 0) is 71.3 Å². The Hall–Kier alpha value is -0.600. The second-order valence-corrected chi connectivity index (χ2v) is 13.2. The van der Waals surface area contributed by atoms with Crippen LogP contribution in [-0.2, 0) is 0 Å². The molecule has 0 radical (unpaired) electrons. The minimum Gasteiger partial charge on any atom is -0.318 e. The maximum Gasteiger partial charge on any atom is 0.00792 e. The SMILES string of the molecule is CCCCCCCC/C=C\CCCCCCCCC(CCCCCCCC/C=C\CCCCCCCC)NCCNC. The molecule has 0 unspecified atom stereocenters. The highest BCUT2D eigenvalue weighted by atomic mass is 14.9. The van der Waals surface area contributed by atoms with Crippen molar-refractivity contribution >= 4 is 0 Å². The lowest BCUT2D eigenvalue weighted by molar-refractivity contribution is 0.411. The van der Waals surface area contributed by atoms with Crippen molar-refractivity contribution in [1.82, 2.24) is 10.6 Å². The molecular weight excluding hydrogens is 508 g/mol. The molecule has 0 aliphatic rings. The third-order valence-corrected chi connectivity index (χ3v) is 8.94. The topological polar surface area (TPSA) is 24.1 Å². The first-order chi connectivity index (χ1) is 20.8. The van der Waals surface area contributed by atoms with Crippen LogP contribution < -0.4 is 10.6 Å². The Morgan fingerprint density at radius 1 is 0.381 bits per heavy atom. The van der Waals surface area contributed by atoms with Crippen molar-refractivity contribution in [3.8, 4) is 0 Å². The number of likely N-dealkylation sites (N-methyl/N-ethyl adjacent to an activating group) is 1.